The topological polar surface area (TPSA) is 175 Å². The van der Waals surface area contributed by atoms with E-state index in [0.717, 1.165) is 37.7 Å². The third-order valence-electron chi connectivity index (χ3n) is 16.7. The van der Waals surface area contributed by atoms with Crippen LogP contribution in [0.1, 0.15) is 113 Å². The van der Waals surface area contributed by atoms with E-state index in [0.29, 0.717) is 44.6 Å². The van der Waals surface area contributed by atoms with Crippen LogP contribution in [-0.2, 0) is 23.7 Å². The average Bonchev–Trinajstić information content (AvgIpc) is 3.07. The monoisotopic (exact) mass is 720 g/mol. The highest BCUT2D eigenvalue weighted by Crippen LogP contribution is 2.76. The standard InChI is InChI=1S/C40H64O11/c1-8-9-27-48-20-36(4)25-13-14-38(6)26(35(25,3)18-23(42)32(36)50-27)11-10-22-31-39(7,47)21(2)12-15-40(31,17-16-37(22,38)5)34(46)51-33-30(45)29(44)28(43)24(19-41)49-33/h10,21,23-33,41-45,47H,8-9,11-20H2,1-7H3. The maximum atomic E-state index is 14.6. The number of aliphatic hydroxyl groups excluding tert-OH is 5. The molecule has 2 saturated heterocycles. The predicted octanol–water partition coefficient (Wildman–Crippen LogP) is 3.59. The molecule has 2 aliphatic heterocycles. The maximum absolute atomic E-state index is 14.6. The van der Waals surface area contributed by atoms with Gasteiger partial charge in [0.15, 0.2) is 6.29 Å². The van der Waals surface area contributed by atoms with Gasteiger partial charge in [-0.3, -0.25) is 4.79 Å². The summed E-state index contributed by atoms with van der Waals surface area (Å²) in [5.74, 6) is -0.694. The van der Waals surface area contributed by atoms with Gasteiger partial charge in [0.05, 0.1) is 36.4 Å². The fourth-order valence-corrected chi connectivity index (χ4v) is 13.4. The Morgan fingerprint density at radius 3 is 2.33 bits per heavy atom. The lowest BCUT2D eigenvalue weighted by Gasteiger charge is -2.72. The van der Waals surface area contributed by atoms with E-state index in [2.05, 4.69) is 40.7 Å². The zero-order valence-corrected chi connectivity index (χ0v) is 31.7. The van der Waals surface area contributed by atoms with Crippen LogP contribution < -0.4 is 0 Å². The van der Waals surface area contributed by atoms with Crippen LogP contribution in [-0.4, -0.2) is 105 Å². The predicted molar refractivity (Wildman–Crippen MR) is 186 cm³/mol. The second-order valence-electron chi connectivity index (χ2n) is 19.0. The van der Waals surface area contributed by atoms with Crippen molar-refractivity contribution in [2.24, 2.45) is 50.7 Å². The molecule has 11 heteroatoms. The number of rotatable bonds is 5. The molecule has 0 aromatic heterocycles. The summed E-state index contributed by atoms with van der Waals surface area (Å²) in [4.78, 5) is 14.6. The lowest BCUT2D eigenvalue weighted by molar-refractivity contribution is -0.337. The van der Waals surface area contributed by atoms with Gasteiger partial charge in [0.2, 0.25) is 6.29 Å². The molecule has 0 amide bonds. The van der Waals surface area contributed by atoms with E-state index in [1.165, 1.54) is 0 Å². The Morgan fingerprint density at radius 2 is 1.65 bits per heavy atom. The van der Waals surface area contributed by atoms with Crippen molar-refractivity contribution in [1.82, 2.24) is 0 Å². The normalized spacial score (nSPS) is 56.7. The van der Waals surface area contributed by atoms with Crippen LogP contribution >= 0.6 is 0 Å². The minimum Gasteiger partial charge on any atom is -0.432 e. The van der Waals surface area contributed by atoms with Gasteiger partial charge < -0.3 is 49.6 Å². The quantitative estimate of drug-likeness (QED) is 0.181. The molecule has 0 aromatic carbocycles. The van der Waals surface area contributed by atoms with Crippen LogP contribution in [0.15, 0.2) is 11.6 Å². The first-order valence-electron chi connectivity index (χ1n) is 19.8. The Labute approximate surface area is 303 Å². The van der Waals surface area contributed by atoms with Crippen molar-refractivity contribution in [3.05, 3.63) is 11.6 Å². The van der Waals surface area contributed by atoms with Crippen molar-refractivity contribution < 1.29 is 54.4 Å². The molecular weight excluding hydrogens is 656 g/mol. The molecule has 290 valence electrons. The van der Waals surface area contributed by atoms with E-state index in [1.54, 1.807) is 0 Å². The molecule has 4 saturated carbocycles. The lowest BCUT2D eigenvalue weighted by Crippen LogP contribution is -2.71. The van der Waals surface area contributed by atoms with Gasteiger partial charge in [0.1, 0.15) is 24.4 Å². The molecule has 0 spiro atoms. The molecule has 2 heterocycles. The first-order chi connectivity index (χ1) is 23.9. The van der Waals surface area contributed by atoms with Crippen molar-refractivity contribution in [3.8, 4) is 0 Å². The fraction of sp³-hybridized carbons (Fsp3) is 0.925. The van der Waals surface area contributed by atoms with Gasteiger partial charge in [-0.2, -0.15) is 0 Å². The van der Waals surface area contributed by atoms with Gasteiger partial charge in [-0.1, -0.05) is 59.6 Å². The molecule has 6 fully saturated rings. The van der Waals surface area contributed by atoms with Crippen molar-refractivity contribution in [1.29, 1.82) is 0 Å². The SMILES string of the molecule is CCCC1OCC2(C)C(O1)C(O)CC1(C)C2CCC2(C)C1CC=C1C3C(C(=O)OC4OC(CO)C(O)C(O)C4O)(CCC(C)C3(C)O)CCC12C. The zero-order valence-electron chi connectivity index (χ0n) is 31.7. The molecule has 6 N–H and O–H groups in total. The molecular formula is C40H64O11. The largest absolute Gasteiger partial charge is 0.432 e. The highest BCUT2D eigenvalue weighted by molar-refractivity contribution is 5.79. The van der Waals surface area contributed by atoms with Crippen LogP contribution in [0.4, 0.5) is 0 Å². The average molecular weight is 721 g/mol. The summed E-state index contributed by atoms with van der Waals surface area (Å²) in [6.07, 6.45) is 0.863. The number of fused-ring (bicyclic) bond motifs is 9. The Bertz CT molecular complexity index is 1380. The van der Waals surface area contributed by atoms with Crippen LogP contribution in [0.25, 0.3) is 0 Å². The highest BCUT2D eigenvalue weighted by atomic mass is 16.7. The Balaban J connectivity index is 1.24. The van der Waals surface area contributed by atoms with Gasteiger partial charge in [-0.15, -0.1) is 0 Å². The van der Waals surface area contributed by atoms with Crippen LogP contribution in [0.2, 0.25) is 0 Å². The van der Waals surface area contributed by atoms with Gasteiger partial charge in [-0.25, -0.2) is 0 Å². The first-order valence-corrected chi connectivity index (χ1v) is 19.8. The number of carbonyl (C=O) groups excluding carboxylic acids is 1. The van der Waals surface area contributed by atoms with Gasteiger partial charge in [-0.05, 0) is 98.7 Å². The van der Waals surface area contributed by atoms with E-state index in [4.69, 9.17) is 18.9 Å². The molecule has 18 unspecified atom stereocenters. The number of ether oxygens (including phenoxy) is 4. The second-order valence-corrected chi connectivity index (χ2v) is 19.0. The number of allylic oxidation sites excluding steroid dienone is 1. The Morgan fingerprint density at radius 1 is 0.922 bits per heavy atom. The van der Waals surface area contributed by atoms with Gasteiger partial charge in [0.25, 0.3) is 0 Å². The van der Waals surface area contributed by atoms with E-state index in [1.807, 2.05) is 13.8 Å². The zero-order chi connectivity index (χ0) is 37.1. The minimum absolute atomic E-state index is 0.0917. The smallest absolute Gasteiger partial charge is 0.315 e. The summed E-state index contributed by atoms with van der Waals surface area (Å²) >= 11 is 0. The van der Waals surface area contributed by atoms with Crippen molar-refractivity contribution in [3.63, 3.8) is 0 Å². The highest BCUT2D eigenvalue weighted by Gasteiger charge is 2.73. The summed E-state index contributed by atoms with van der Waals surface area (Å²) in [6, 6.07) is 0. The first kappa shape index (κ1) is 38.1. The van der Waals surface area contributed by atoms with Crippen LogP contribution in [0.5, 0.6) is 0 Å². The van der Waals surface area contributed by atoms with Gasteiger partial charge >= 0.3 is 5.97 Å². The van der Waals surface area contributed by atoms with Gasteiger partial charge in [0, 0.05) is 11.3 Å². The van der Waals surface area contributed by atoms with Crippen molar-refractivity contribution in [2.75, 3.05) is 13.2 Å². The summed E-state index contributed by atoms with van der Waals surface area (Å²) < 4.78 is 24.4. The van der Waals surface area contributed by atoms with E-state index in [9.17, 15) is 35.4 Å². The summed E-state index contributed by atoms with van der Waals surface area (Å²) in [7, 11) is 0. The number of esters is 1. The number of hydrogen-bond acceptors (Lipinski definition) is 11. The summed E-state index contributed by atoms with van der Waals surface area (Å²) in [5.41, 5.74) is -2.28. The van der Waals surface area contributed by atoms with Crippen LogP contribution in [0, 0.1) is 50.7 Å². The number of aliphatic hydroxyl groups is 6. The molecule has 0 radical (unpaired) electrons. The molecule has 18 atom stereocenters. The molecule has 0 bridgehead atoms. The third kappa shape index (κ3) is 5.18. The molecule has 5 aliphatic carbocycles. The molecule has 0 aromatic rings. The summed E-state index contributed by atoms with van der Waals surface area (Å²) in [6.45, 7) is 15.4. The molecule has 7 aliphatic rings. The van der Waals surface area contributed by atoms with Crippen molar-refractivity contribution in [2.45, 2.75) is 167 Å². The van der Waals surface area contributed by atoms with Crippen LogP contribution in [0.3, 0.4) is 0 Å². The van der Waals surface area contributed by atoms with E-state index < -0.39 is 66.3 Å². The number of carbonyl (C=O) groups is 1. The van der Waals surface area contributed by atoms with Crippen molar-refractivity contribution >= 4 is 5.97 Å². The second kappa shape index (κ2) is 12.7. The Hall–Kier alpha value is -1.15. The lowest BCUT2D eigenvalue weighted by atomic mass is 9.33. The van der Waals surface area contributed by atoms with E-state index in [-0.39, 0.29) is 45.9 Å². The third-order valence-corrected chi connectivity index (χ3v) is 16.7. The minimum atomic E-state index is -1.70. The van der Waals surface area contributed by atoms with E-state index >= 15 is 0 Å². The fourth-order valence-electron chi connectivity index (χ4n) is 13.4. The summed E-state index contributed by atoms with van der Waals surface area (Å²) in [5, 5.41) is 65.6. The molecule has 11 nitrogen and oxygen atoms in total. The molecule has 7 rings (SSSR count). The maximum Gasteiger partial charge on any atom is 0.315 e. The Kier molecular flexibility index (Phi) is 9.50. The molecule has 51 heavy (non-hydrogen) atoms. The number of hydrogen-bond donors (Lipinski definition) is 6.